The Morgan fingerprint density at radius 1 is 1.00 bits per heavy atom. The van der Waals surface area contributed by atoms with Crippen LogP contribution in [0.4, 0.5) is 0 Å². The molecule has 2 amide bonds. The highest BCUT2D eigenvalue weighted by Crippen LogP contribution is 2.44. The van der Waals surface area contributed by atoms with Gasteiger partial charge in [0.15, 0.2) is 5.76 Å². The third kappa shape index (κ3) is 6.53. The molecule has 0 radical (unpaired) electrons. The molecule has 234 valence electrons. The third-order valence-corrected chi connectivity index (χ3v) is 10.7. The van der Waals surface area contributed by atoms with Crippen molar-refractivity contribution in [2.24, 2.45) is 0 Å². The fraction of sp³-hybridized carbons (Fsp3) is 0.562. The van der Waals surface area contributed by atoms with Crippen molar-refractivity contribution < 1.29 is 22.4 Å². The van der Waals surface area contributed by atoms with Crippen LogP contribution in [0.15, 0.2) is 41.0 Å². The fourth-order valence-electron chi connectivity index (χ4n) is 6.89. The van der Waals surface area contributed by atoms with Crippen LogP contribution < -0.4 is 4.72 Å². The molecule has 11 heteroatoms. The molecule has 0 atom stereocenters. The number of nitrogens with one attached hydrogen (secondary N) is 1. The average molecular weight is 612 g/mol. The van der Waals surface area contributed by atoms with Crippen LogP contribution in [-0.2, 0) is 21.5 Å². The smallest absolute Gasteiger partial charge is 0.303 e. The highest BCUT2D eigenvalue weighted by molar-refractivity contribution is 7.87. The lowest BCUT2D eigenvalue weighted by atomic mass is 9.82. The number of hydrogen-bond donors (Lipinski definition) is 1. The van der Waals surface area contributed by atoms with Gasteiger partial charge in [0.2, 0.25) is 5.91 Å². The molecule has 1 aliphatic carbocycles. The molecule has 1 saturated carbocycles. The number of fused-ring (bicyclic) bond motifs is 1. The number of aromatic nitrogens is 1. The summed E-state index contributed by atoms with van der Waals surface area (Å²) in [6, 6.07) is 9.56. The molecule has 1 N–H and O–H groups in total. The van der Waals surface area contributed by atoms with Crippen molar-refractivity contribution in [3.8, 4) is 11.5 Å². The van der Waals surface area contributed by atoms with Crippen molar-refractivity contribution in [2.45, 2.75) is 77.3 Å². The summed E-state index contributed by atoms with van der Waals surface area (Å²) in [6.07, 6.45) is 9.11. The lowest BCUT2D eigenvalue weighted by Crippen LogP contribution is -2.47. The molecular formula is C32H45N5O5S. The zero-order valence-corrected chi connectivity index (χ0v) is 26.7. The van der Waals surface area contributed by atoms with E-state index in [9.17, 15) is 18.0 Å². The lowest BCUT2D eigenvalue weighted by molar-refractivity contribution is -0.133. The summed E-state index contributed by atoms with van der Waals surface area (Å²) in [7, 11) is -1.23. The second-order valence-corrected chi connectivity index (χ2v) is 13.8. The predicted molar refractivity (Wildman–Crippen MR) is 168 cm³/mol. The summed E-state index contributed by atoms with van der Waals surface area (Å²) in [5, 5.41) is 0.971. The molecule has 0 unspecified atom stereocenters. The van der Waals surface area contributed by atoms with Gasteiger partial charge in [-0.15, -0.1) is 0 Å². The number of furan rings is 1. The SMILES string of the molecule is CCN(CC)C1CCN(C(=O)Cn2c(-c3ccco3)c(C3CCCCC3)c3ccc(C(=O)NS(=O)(=O)N(C)C)cc32)CC1. The highest BCUT2D eigenvalue weighted by atomic mass is 32.2. The summed E-state index contributed by atoms with van der Waals surface area (Å²) >= 11 is 0. The van der Waals surface area contributed by atoms with E-state index in [1.807, 2.05) is 27.7 Å². The van der Waals surface area contributed by atoms with Crippen molar-refractivity contribution in [3.63, 3.8) is 0 Å². The number of amides is 2. The van der Waals surface area contributed by atoms with E-state index in [0.717, 1.165) is 78.1 Å². The van der Waals surface area contributed by atoms with Crippen LogP contribution in [0.2, 0.25) is 0 Å². The van der Waals surface area contributed by atoms with Crippen LogP contribution in [0.5, 0.6) is 0 Å². The molecule has 3 aromatic rings. The van der Waals surface area contributed by atoms with E-state index in [0.29, 0.717) is 30.8 Å². The first-order valence-electron chi connectivity index (χ1n) is 15.6. The molecule has 0 bridgehead atoms. The van der Waals surface area contributed by atoms with Gasteiger partial charge >= 0.3 is 10.2 Å². The van der Waals surface area contributed by atoms with Gasteiger partial charge in [0.05, 0.1) is 17.5 Å². The Labute approximate surface area is 255 Å². The standard InChI is InChI=1S/C32H45N5O5S/c1-5-35(6-2)25-16-18-36(19-17-25)29(38)22-37-27-21-24(32(39)33-43(40,41)34(3)4)14-15-26(27)30(23-11-8-7-9-12-23)31(37)28-13-10-20-42-28/h10,13-15,20-21,23,25H,5-9,11-12,16-19,22H2,1-4H3,(H,33,39). The minimum absolute atomic E-state index is 0.0305. The van der Waals surface area contributed by atoms with Crippen molar-refractivity contribution in [3.05, 3.63) is 47.7 Å². The van der Waals surface area contributed by atoms with Gasteiger partial charge < -0.3 is 18.8 Å². The van der Waals surface area contributed by atoms with E-state index in [4.69, 9.17) is 4.42 Å². The van der Waals surface area contributed by atoms with Gasteiger partial charge in [-0.1, -0.05) is 39.2 Å². The maximum atomic E-state index is 13.9. The van der Waals surface area contributed by atoms with Gasteiger partial charge in [0.25, 0.3) is 5.91 Å². The lowest BCUT2D eigenvalue weighted by Gasteiger charge is -2.37. The van der Waals surface area contributed by atoms with Crippen LogP contribution >= 0.6 is 0 Å². The molecule has 1 aliphatic heterocycles. The quantitative estimate of drug-likeness (QED) is 0.352. The molecule has 2 aromatic heterocycles. The summed E-state index contributed by atoms with van der Waals surface area (Å²) in [5.41, 5.74) is 2.96. The maximum Gasteiger partial charge on any atom is 0.303 e. The predicted octanol–water partition coefficient (Wildman–Crippen LogP) is 4.82. The molecule has 3 heterocycles. The van der Waals surface area contributed by atoms with E-state index in [2.05, 4.69) is 23.5 Å². The van der Waals surface area contributed by atoms with Gasteiger partial charge in [0.1, 0.15) is 6.54 Å². The molecular weight excluding hydrogens is 566 g/mol. The second-order valence-electron chi connectivity index (χ2n) is 11.9. The number of hydrogen-bond acceptors (Lipinski definition) is 6. The van der Waals surface area contributed by atoms with E-state index in [1.165, 1.54) is 20.5 Å². The summed E-state index contributed by atoms with van der Waals surface area (Å²) in [6.45, 7) is 7.91. The number of likely N-dealkylation sites (tertiary alicyclic amines) is 1. The Bertz CT molecular complexity index is 1530. The number of nitrogens with zero attached hydrogens (tertiary/aromatic N) is 4. The molecule has 2 aliphatic rings. The molecule has 1 aromatic carbocycles. The minimum atomic E-state index is -3.97. The van der Waals surface area contributed by atoms with Crippen LogP contribution in [0.3, 0.4) is 0 Å². The van der Waals surface area contributed by atoms with Crippen molar-refractivity contribution in [1.29, 1.82) is 0 Å². The zero-order chi connectivity index (χ0) is 30.7. The first-order chi connectivity index (χ1) is 20.6. The first kappa shape index (κ1) is 31.3. The Kier molecular flexibility index (Phi) is 9.63. The van der Waals surface area contributed by atoms with Gasteiger partial charge in [-0.05, 0) is 74.5 Å². The monoisotopic (exact) mass is 611 g/mol. The number of rotatable bonds is 10. The largest absolute Gasteiger partial charge is 0.463 e. The molecule has 43 heavy (non-hydrogen) atoms. The highest BCUT2D eigenvalue weighted by Gasteiger charge is 2.31. The summed E-state index contributed by atoms with van der Waals surface area (Å²) in [4.78, 5) is 31.5. The zero-order valence-electron chi connectivity index (χ0n) is 25.8. The van der Waals surface area contributed by atoms with Crippen LogP contribution in [0.25, 0.3) is 22.4 Å². The van der Waals surface area contributed by atoms with Crippen molar-refractivity contribution in [2.75, 3.05) is 40.3 Å². The number of carbonyl (C=O) groups excluding carboxylic acids is 2. The topological polar surface area (TPSA) is 108 Å². The van der Waals surface area contributed by atoms with Crippen molar-refractivity contribution in [1.82, 2.24) is 23.4 Å². The second kappa shape index (κ2) is 13.2. The van der Waals surface area contributed by atoms with E-state index in [1.54, 1.807) is 18.4 Å². The van der Waals surface area contributed by atoms with Gasteiger partial charge in [-0.3, -0.25) is 9.59 Å². The molecule has 1 saturated heterocycles. The molecule has 10 nitrogen and oxygen atoms in total. The Morgan fingerprint density at radius 2 is 1.70 bits per heavy atom. The fourth-order valence-corrected chi connectivity index (χ4v) is 7.42. The Hall–Kier alpha value is -3.15. The van der Waals surface area contributed by atoms with E-state index < -0.39 is 16.1 Å². The van der Waals surface area contributed by atoms with E-state index in [-0.39, 0.29) is 18.0 Å². The van der Waals surface area contributed by atoms with Crippen LogP contribution in [-0.4, -0.2) is 85.2 Å². The number of piperidine rings is 1. The number of benzene rings is 1. The molecule has 2 fully saturated rings. The van der Waals surface area contributed by atoms with Gasteiger partial charge in [-0.2, -0.15) is 12.7 Å². The Balaban J connectivity index is 1.56. The van der Waals surface area contributed by atoms with E-state index >= 15 is 0 Å². The normalized spacial score (nSPS) is 17.3. The average Bonchev–Trinajstić information content (AvgIpc) is 3.64. The van der Waals surface area contributed by atoms with Gasteiger partial charge in [-0.25, -0.2) is 4.72 Å². The van der Waals surface area contributed by atoms with Crippen molar-refractivity contribution >= 4 is 32.9 Å². The van der Waals surface area contributed by atoms with Crippen LogP contribution in [0.1, 0.15) is 80.6 Å². The van der Waals surface area contributed by atoms with Gasteiger partial charge in [0, 0.05) is 44.2 Å². The summed E-state index contributed by atoms with van der Waals surface area (Å²) in [5.74, 6) is 0.298. The third-order valence-electron chi connectivity index (χ3n) is 9.28. The maximum absolute atomic E-state index is 13.9. The Morgan fingerprint density at radius 3 is 2.30 bits per heavy atom. The number of carbonyl (C=O) groups is 2. The minimum Gasteiger partial charge on any atom is -0.463 e. The van der Waals surface area contributed by atoms with Crippen LogP contribution in [0, 0.1) is 0 Å². The first-order valence-corrected chi connectivity index (χ1v) is 17.0. The molecule has 0 spiro atoms. The summed E-state index contributed by atoms with van der Waals surface area (Å²) < 4.78 is 35.9. The molecule has 5 rings (SSSR count).